The summed E-state index contributed by atoms with van der Waals surface area (Å²) in [6.07, 6.45) is 1.24. The molecule has 0 aliphatic carbocycles. The lowest BCUT2D eigenvalue weighted by Gasteiger charge is -2.29. The molecule has 0 spiro atoms. The molecule has 0 saturated carbocycles. The molecule has 2 aromatic carbocycles. The highest BCUT2D eigenvalue weighted by molar-refractivity contribution is 7.99. The van der Waals surface area contributed by atoms with Crippen molar-refractivity contribution in [3.8, 4) is 11.5 Å². The molecule has 0 N–H and O–H groups in total. The van der Waals surface area contributed by atoms with E-state index in [1.54, 1.807) is 0 Å². The van der Waals surface area contributed by atoms with E-state index in [1.807, 2.05) is 34.9 Å². The first kappa shape index (κ1) is 17.9. The first-order chi connectivity index (χ1) is 13.8. The van der Waals surface area contributed by atoms with Gasteiger partial charge in [-0.05, 0) is 35.2 Å². The molecular weight excluding hydrogens is 374 g/mol. The summed E-state index contributed by atoms with van der Waals surface area (Å²) >= 11 is 1.91. The highest BCUT2D eigenvalue weighted by atomic mass is 32.2. The molecule has 2 atom stereocenters. The Hall–Kier alpha value is -2.18. The van der Waals surface area contributed by atoms with Crippen molar-refractivity contribution in [2.24, 2.45) is 0 Å². The molecule has 3 heterocycles. The topological polar surface area (TPSA) is 48.0 Å². The summed E-state index contributed by atoms with van der Waals surface area (Å²) in [5.41, 5.74) is 3.67. The third-order valence-corrected chi connectivity index (χ3v) is 6.99. The Kier molecular flexibility index (Phi) is 4.91. The molecule has 0 radical (unpaired) electrons. The number of fused-ring (bicyclic) bond motifs is 2. The van der Waals surface area contributed by atoms with Gasteiger partial charge in [-0.25, -0.2) is 0 Å². The van der Waals surface area contributed by atoms with E-state index in [0.717, 1.165) is 36.8 Å². The number of ether oxygens (including phenoxy) is 3. The minimum absolute atomic E-state index is 0.126. The van der Waals surface area contributed by atoms with Crippen LogP contribution < -0.4 is 9.47 Å². The summed E-state index contributed by atoms with van der Waals surface area (Å²) in [5.74, 6) is 2.69. The fourth-order valence-electron chi connectivity index (χ4n) is 4.08. The number of carbonyl (C=O) groups is 1. The molecule has 1 saturated heterocycles. The van der Waals surface area contributed by atoms with E-state index in [-0.39, 0.29) is 12.0 Å². The zero-order valence-electron chi connectivity index (χ0n) is 15.6. The van der Waals surface area contributed by atoms with Crippen LogP contribution in [-0.2, 0) is 22.6 Å². The smallest absolute Gasteiger partial charge is 0.252 e. The van der Waals surface area contributed by atoms with Gasteiger partial charge in [-0.3, -0.25) is 4.79 Å². The van der Waals surface area contributed by atoms with Crippen LogP contribution >= 0.6 is 11.8 Å². The standard InChI is InChI=1S/C22H23NO4S/c24-22(20-11-15-3-1-2-4-17(15)13-25-20)23-8-7-21(28-10-9-23)16-5-6-18-19(12-16)27-14-26-18/h1-6,12,20-21H,7-11,13-14H2. The number of rotatable bonds is 2. The Labute approximate surface area is 169 Å². The van der Waals surface area contributed by atoms with E-state index in [4.69, 9.17) is 14.2 Å². The van der Waals surface area contributed by atoms with Crippen molar-refractivity contribution in [2.45, 2.75) is 30.8 Å². The predicted octanol–water partition coefficient (Wildman–Crippen LogP) is 3.56. The Morgan fingerprint density at radius 1 is 1.04 bits per heavy atom. The van der Waals surface area contributed by atoms with Crippen LogP contribution in [0, 0.1) is 0 Å². The predicted molar refractivity (Wildman–Crippen MR) is 108 cm³/mol. The maximum atomic E-state index is 13.1. The number of carbonyl (C=O) groups excluding carboxylic acids is 1. The van der Waals surface area contributed by atoms with Gasteiger partial charge in [0.15, 0.2) is 11.5 Å². The highest BCUT2D eigenvalue weighted by Crippen LogP contribution is 2.40. The zero-order chi connectivity index (χ0) is 18.9. The minimum Gasteiger partial charge on any atom is -0.454 e. The molecule has 3 aliphatic rings. The van der Waals surface area contributed by atoms with Crippen molar-refractivity contribution in [3.63, 3.8) is 0 Å². The monoisotopic (exact) mass is 397 g/mol. The third-order valence-electron chi connectivity index (χ3n) is 5.66. The van der Waals surface area contributed by atoms with Gasteiger partial charge < -0.3 is 19.1 Å². The normalized spacial score (nSPS) is 23.8. The highest BCUT2D eigenvalue weighted by Gasteiger charge is 2.31. The molecule has 1 fully saturated rings. The van der Waals surface area contributed by atoms with Crippen LogP contribution in [0.3, 0.4) is 0 Å². The Morgan fingerprint density at radius 3 is 2.82 bits per heavy atom. The van der Waals surface area contributed by atoms with Crippen LogP contribution in [0.5, 0.6) is 11.5 Å². The molecule has 0 bridgehead atoms. The Balaban J connectivity index is 1.24. The summed E-state index contributed by atoms with van der Waals surface area (Å²) < 4.78 is 16.8. The van der Waals surface area contributed by atoms with Gasteiger partial charge in [-0.1, -0.05) is 30.3 Å². The second kappa shape index (κ2) is 7.68. The van der Waals surface area contributed by atoms with E-state index in [9.17, 15) is 4.79 Å². The SMILES string of the molecule is O=C(C1Cc2ccccc2CO1)N1CCSC(c2ccc3c(c2)OCO3)CC1. The number of hydrogen-bond acceptors (Lipinski definition) is 5. The fourth-order valence-corrected chi connectivity index (χ4v) is 5.30. The van der Waals surface area contributed by atoms with Crippen LogP contribution in [0.25, 0.3) is 0 Å². The number of nitrogens with zero attached hydrogens (tertiary/aromatic N) is 1. The second-order valence-corrected chi connectivity index (χ2v) is 8.67. The van der Waals surface area contributed by atoms with Gasteiger partial charge in [0.1, 0.15) is 6.10 Å². The molecule has 2 aromatic rings. The van der Waals surface area contributed by atoms with Crippen LogP contribution in [0.4, 0.5) is 0 Å². The van der Waals surface area contributed by atoms with Gasteiger partial charge in [-0.15, -0.1) is 0 Å². The van der Waals surface area contributed by atoms with Gasteiger partial charge in [-0.2, -0.15) is 11.8 Å². The van der Waals surface area contributed by atoms with E-state index in [1.165, 1.54) is 16.7 Å². The lowest BCUT2D eigenvalue weighted by atomic mass is 9.98. The minimum atomic E-state index is -0.359. The number of thioether (sulfide) groups is 1. The maximum absolute atomic E-state index is 13.1. The lowest BCUT2D eigenvalue weighted by molar-refractivity contribution is -0.145. The molecule has 3 aliphatic heterocycles. The molecule has 146 valence electrons. The van der Waals surface area contributed by atoms with E-state index >= 15 is 0 Å². The fraction of sp³-hybridized carbons (Fsp3) is 0.409. The lowest BCUT2D eigenvalue weighted by Crippen LogP contribution is -2.43. The van der Waals surface area contributed by atoms with Gasteiger partial charge in [0.25, 0.3) is 5.91 Å². The first-order valence-electron chi connectivity index (χ1n) is 9.76. The van der Waals surface area contributed by atoms with Crippen molar-refractivity contribution in [1.29, 1.82) is 0 Å². The van der Waals surface area contributed by atoms with Crippen molar-refractivity contribution in [2.75, 3.05) is 25.6 Å². The molecule has 1 amide bonds. The van der Waals surface area contributed by atoms with Crippen LogP contribution in [0.15, 0.2) is 42.5 Å². The van der Waals surface area contributed by atoms with Crippen molar-refractivity contribution < 1.29 is 19.0 Å². The van der Waals surface area contributed by atoms with Crippen molar-refractivity contribution in [1.82, 2.24) is 4.90 Å². The first-order valence-corrected chi connectivity index (χ1v) is 10.8. The molecule has 6 heteroatoms. The Morgan fingerprint density at radius 2 is 1.89 bits per heavy atom. The average Bonchev–Trinajstić information content (AvgIpc) is 3.07. The molecule has 0 aromatic heterocycles. The molecule has 5 rings (SSSR count). The largest absolute Gasteiger partial charge is 0.454 e. The average molecular weight is 397 g/mol. The van der Waals surface area contributed by atoms with Crippen molar-refractivity contribution >= 4 is 17.7 Å². The zero-order valence-corrected chi connectivity index (χ0v) is 16.5. The van der Waals surface area contributed by atoms with Gasteiger partial charge >= 0.3 is 0 Å². The van der Waals surface area contributed by atoms with Crippen molar-refractivity contribution in [3.05, 3.63) is 59.2 Å². The molecule has 2 unspecified atom stereocenters. The summed E-state index contributed by atoms with van der Waals surface area (Å²) in [6.45, 7) is 2.34. The summed E-state index contributed by atoms with van der Waals surface area (Å²) in [7, 11) is 0. The number of amides is 1. The summed E-state index contributed by atoms with van der Waals surface area (Å²) in [6, 6.07) is 14.4. The molecule has 28 heavy (non-hydrogen) atoms. The third kappa shape index (κ3) is 3.47. The van der Waals surface area contributed by atoms with E-state index in [0.29, 0.717) is 25.1 Å². The summed E-state index contributed by atoms with van der Waals surface area (Å²) in [5, 5.41) is 0.361. The quantitative estimate of drug-likeness (QED) is 0.775. The number of benzene rings is 2. The maximum Gasteiger partial charge on any atom is 0.252 e. The van der Waals surface area contributed by atoms with E-state index in [2.05, 4.69) is 24.3 Å². The second-order valence-electron chi connectivity index (χ2n) is 7.36. The van der Waals surface area contributed by atoms with Crippen LogP contribution in [-0.4, -0.2) is 42.5 Å². The molecule has 5 nitrogen and oxygen atoms in total. The summed E-state index contributed by atoms with van der Waals surface area (Å²) in [4.78, 5) is 15.1. The number of hydrogen-bond donors (Lipinski definition) is 0. The van der Waals surface area contributed by atoms with Gasteiger partial charge in [0.2, 0.25) is 6.79 Å². The van der Waals surface area contributed by atoms with Crippen LogP contribution in [0.2, 0.25) is 0 Å². The van der Waals surface area contributed by atoms with Crippen LogP contribution in [0.1, 0.15) is 28.4 Å². The molecular formula is C22H23NO4S. The van der Waals surface area contributed by atoms with Gasteiger partial charge in [0.05, 0.1) is 6.61 Å². The Bertz CT molecular complexity index is 887. The van der Waals surface area contributed by atoms with E-state index < -0.39 is 0 Å². The van der Waals surface area contributed by atoms with Gasteiger partial charge in [0, 0.05) is 30.5 Å².